The van der Waals surface area contributed by atoms with Gasteiger partial charge in [0, 0.05) is 29.5 Å². The van der Waals surface area contributed by atoms with Gasteiger partial charge in [0.1, 0.15) is 11.3 Å². The number of likely N-dealkylation sites (tertiary alicyclic amines) is 1. The van der Waals surface area contributed by atoms with Gasteiger partial charge in [0.15, 0.2) is 5.76 Å². The van der Waals surface area contributed by atoms with Crippen LogP contribution >= 0.6 is 0 Å². The second-order valence-corrected chi connectivity index (χ2v) is 9.96. The molecule has 5 nitrogen and oxygen atoms in total. The second kappa shape index (κ2) is 8.09. The standard InChI is InChI=1S/C25H33NO4/c1-25(2,3)24(28)23-20(19-13-18(29-4)9-10-21(19)30-23)14-22(27)26-12-11-16-7-5-6-8-17(16)15-26/h9-10,13,16-17H,5-8,11-12,14-15H2,1-4H3/t16-,17-/m1/s1. The Morgan fingerprint density at radius 2 is 1.87 bits per heavy atom. The first-order valence-electron chi connectivity index (χ1n) is 11.2. The number of hydrogen-bond acceptors (Lipinski definition) is 4. The molecule has 1 amide bonds. The first kappa shape index (κ1) is 21.0. The SMILES string of the molecule is COc1ccc2oc(C(=O)C(C)(C)C)c(CC(=O)N3CC[C@H]4CCCC[C@@H]4C3)c2c1. The van der Waals surface area contributed by atoms with E-state index in [0.29, 0.717) is 28.6 Å². The molecule has 2 atom stereocenters. The number of hydrogen-bond donors (Lipinski definition) is 0. The van der Waals surface area contributed by atoms with Crippen molar-refractivity contribution in [1.82, 2.24) is 4.90 Å². The van der Waals surface area contributed by atoms with Crippen molar-refractivity contribution in [3.05, 3.63) is 29.5 Å². The fourth-order valence-electron chi connectivity index (χ4n) is 5.04. The van der Waals surface area contributed by atoms with Crippen molar-refractivity contribution < 1.29 is 18.7 Å². The van der Waals surface area contributed by atoms with Crippen molar-refractivity contribution in [3.8, 4) is 5.75 Å². The average molecular weight is 412 g/mol. The van der Waals surface area contributed by atoms with Crippen molar-refractivity contribution in [1.29, 1.82) is 0 Å². The smallest absolute Gasteiger partial charge is 0.227 e. The van der Waals surface area contributed by atoms with Gasteiger partial charge in [0.05, 0.1) is 13.5 Å². The third-order valence-corrected chi connectivity index (χ3v) is 6.86. The highest BCUT2D eigenvalue weighted by Gasteiger charge is 2.35. The summed E-state index contributed by atoms with van der Waals surface area (Å²) in [4.78, 5) is 28.4. The molecule has 1 aromatic carbocycles. The number of fused-ring (bicyclic) bond motifs is 2. The number of piperidine rings is 1. The normalized spacial score (nSPS) is 22.1. The summed E-state index contributed by atoms with van der Waals surface area (Å²) in [5.41, 5.74) is 0.729. The van der Waals surface area contributed by atoms with Crippen molar-refractivity contribution in [2.24, 2.45) is 17.3 Å². The molecule has 0 spiro atoms. The molecule has 1 saturated heterocycles. The van der Waals surface area contributed by atoms with Crippen LogP contribution in [-0.2, 0) is 11.2 Å². The zero-order valence-electron chi connectivity index (χ0n) is 18.6. The summed E-state index contributed by atoms with van der Waals surface area (Å²) in [6.07, 6.45) is 6.44. The van der Waals surface area contributed by atoms with Crippen molar-refractivity contribution in [3.63, 3.8) is 0 Å². The maximum absolute atomic E-state index is 13.3. The molecule has 162 valence electrons. The van der Waals surface area contributed by atoms with Crippen molar-refractivity contribution >= 4 is 22.7 Å². The summed E-state index contributed by atoms with van der Waals surface area (Å²) in [7, 11) is 1.61. The summed E-state index contributed by atoms with van der Waals surface area (Å²) < 4.78 is 11.4. The van der Waals surface area contributed by atoms with Crippen LogP contribution in [0.3, 0.4) is 0 Å². The van der Waals surface area contributed by atoms with E-state index in [0.717, 1.165) is 30.8 Å². The van der Waals surface area contributed by atoms with Gasteiger partial charge in [0.2, 0.25) is 11.7 Å². The summed E-state index contributed by atoms with van der Waals surface area (Å²) >= 11 is 0. The molecule has 2 fully saturated rings. The molecule has 1 aliphatic carbocycles. The summed E-state index contributed by atoms with van der Waals surface area (Å²) in [5.74, 6) is 2.42. The molecule has 1 aliphatic heterocycles. The van der Waals surface area contributed by atoms with E-state index in [2.05, 4.69) is 0 Å². The highest BCUT2D eigenvalue weighted by Crippen LogP contribution is 2.37. The van der Waals surface area contributed by atoms with Crippen LogP contribution in [0.4, 0.5) is 0 Å². The highest BCUT2D eigenvalue weighted by molar-refractivity contribution is 6.04. The lowest BCUT2D eigenvalue weighted by Crippen LogP contribution is -2.45. The van der Waals surface area contributed by atoms with Crippen LogP contribution in [0.25, 0.3) is 11.0 Å². The van der Waals surface area contributed by atoms with Crippen LogP contribution in [0.5, 0.6) is 5.75 Å². The Kier molecular flexibility index (Phi) is 5.65. The lowest BCUT2D eigenvalue weighted by molar-refractivity contribution is -0.133. The molecule has 2 aliphatic rings. The Morgan fingerprint density at radius 3 is 2.57 bits per heavy atom. The van der Waals surface area contributed by atoms with Gasteiger partial charge in [-0.25, -0.2) is 0 Å². The number of methoxy groups -OCH3 is 1. The maximum atomic E-state index is 13.3. The topological polar surface area (TPSA) is 59.8 Å². The molecular weight excluding hydrogens is 378 g/mol. The molecule has 5 heteroatoms. The van der Waals surface area contributed by atoms with Gasteiger partial charge in [-0.1, -0.05) is 40.0 Å². The number of carbonyl (C=O) groups excluding carboxylic acids is 2. The number of rotatable bonds is 4. The minimum atomic E-state index is -0.587. The van der Waals surface area contributed by atoms with E-state index in [4.69, 9.17) is 9.15 Å². The van der Waals surface area contributed by atoms with Gasteiger partial charge in [-0.2, -0.15) is 0 Å². The monoisotopic (exact) mass is 411 g/mol. The molecule has 0 bridgehead atoms. The van der Waals surface area contributed by atoms with E-state index in [1.54, 1.807) is 7.11 Å². The molecule has 2 aromatic rings. The number of Topliss-reactive ketones (excluding diaryl/α,β-unsaturated/α-hetero) is 1. The zero-order chi connectivity index (χ0) is 21.5. The number of amides is 1. The first-order valence-corrected chi connectivity index (χ1v) is 11.2. The molecule has 30 heavy (non-hydrogen) atoms. The third-order valence-electron chi connectivity index (χ3n) is 6.86. The predicted molar refractivity (Wildman–Crippen MR) is 117 cm³/mol. The molecule has 0 unspecified atom stereocenters. The Bertz CT molecular complexity index is 952. The lowest BCUT2D eigenvalue weighted by Gasteiger charge is -2.41. The maximum Gasteiger partial charge on any atom is 0.227 e. The molecule has 0 N–H and O–H groups in total. The van der Waals surface area contributed by atoms with Gasteiger partial charge in [-0.15, -0.1) is 0 Å². The van der Waals surface area contributed by atoms with E-state index in [-0.39, 0.29) is 18.1 Å². The second-order valence-electron chi connectivity index (χ2n) is 9.96. The van der Waals surface area contributed by atoms with Crippen LogP contribution in [0.1, 0.15) is 69.0 Å². The van der Waals surface area contributed by atoms with Crippen LogP contribution in [0.2, 0.25) is 0 Å². The minimum Gasteiger partial charge on any atom is -0.497 e. The van der Waals surface area contributed by atoms with Gasteiger partial charge in [-0.3, -0.25) is 9.59 Å². The Balaban J connectivity index is 1.64. The number of ether oxygens (including phenoxy) is 1. The molecular formula is C25H33NO4. The molecule has 0 radical (unpaired) electrons. The summed E-state index contributed by atoms with van der Waals surface area (Å²) in [5, 5.41) is 0.794. The third kappa shape index (κ3) is 3.99. The van der Waals surface area contributed by atoms with Gasteiger partial charge in [-0.05, 0) is 42.9 Å². The van der Waals surface area contributed by atoms with Gasteiger partial charge >= 0.3 is 0 Å². The number of benzene rings is 1. The summed E-state index contributed by atoms with van der Waals surface area (Å²) in [6.45, 7) is 7.31. The van der Waals surface area contributed by atoms with Gasteiger partial charge < -0.3 is 14.1 Å². The van der Waals surface area contributed by atoms with E-state index in [1.807, 2.05) is 43.9 Å². The van der Waals surface area contributed by atoms with Gasteiger partial charge in [0.25, 0.3) is 0 Å². The Labute approximate surface area is 178 Å². The van der Waals surface area contributed by atoms with E-state index < -0.39 is 5.41 Å². The Hall–Kier alpha value is -2.30. The number of ketones is 1. The van der Waals surface area contributed by atoms with Crippen LogP contribution in [-0.4, -0.2) is 36.8 Å². The zero-order valence-corrected chi connectivity index (χ0v) is 18.6. The molecule has 4 rings (SSSR count). The first-order chi connectivity index (χ1) is 14.3. The largest absolute Gasteiger partial charge is 0.497 e. The molecule has 1 aromatic heterocycles. The van der Waals surface area contributed by atoms with Crippen LogP contribution in [0.15, 0.2) is 22.6 Å². The predicted octanol–water partition coefficient (Wildman–Crippen LogP) is 5.25. The molecule has 1 saturated carbocycles. The van der Waals surface area contributed by atoms with Crippen molar-refractivity contribution in [2.45, 2.75) is 59.3 Å². The number of carbonyl (C=O) groups is 2. The Morgan fingerprint density at radius 1 is 1.13 bits per heavy atom. The van der Waals surface area contributed by atoms with Crippen LogP contribution < -0.4 is 4.74 Å². The molecule has 2 heterocycles. The van der Waals surface area contributed by atoms with Crippen LogP contribution in [0, 0.1) is 17.3 Å². The number of nitrogens with zero attached hydrogens (tertiary/aromatic N) is 1. The lowest BCUT2D eigenvalue weighted by atomic mass is 9.75. The van der Waals surface area contributed by atoms with E-state index >= 15 is 0 Å². The van der Waals surface area contributed by atoms with Crippen molar-refractivity contribution in [2.75, 3.05) is 20.2 Å². The summed E-state index contributed by atoms with van der Waals surface area (Å²) in [6, 6.07) is 5.50. The number of furan rings is 1. The highest BCUT2D eigenvalue weighted by atomic mass is 16.5. The van der Waals surface area contributed by atoms with E-state index in [1.165, 1.54) is 25.7 Å². The fraction of sp³-hybridized carbons (Fsp3) is 0.600. The minimum absolute atomic E-state index is 0.0774. The van der Waals surface area contributed by atoms with E-state index in [9.17, 15) is 9.59 Å². The fourth-order valence-corrected chi connectivity index (χ4v) is 5.04. The quantitative estimate of drug-likeness (QED) is 0.645. The average Bonchev–Trinajstić information content (AvgIpc) is 3.09.